The van der Waals surface area contributed by atoms with Gasteiger partial charge in [0.2, 0.25) is 0 Å². The van der Waals surface area contributed by atoms with Crippen molar-refractivity contribution in [3.63, 3.8) is 0 Å². The van der Waals surface area contributed by atoms with Crippen LogP contribution in [0.1, 0.15) is 48.0 Å². The SMILES string of the molecule is CCCNC(CN(CC)CC(C)C)C(C)C. The minimum absolute atomic E-state index is 0.638. The van der Waals surface area contributed by atoms with E-state index in [2.05, 4.69) is 51.8 Å². The van der Waals surface area contributed by atoms with Crippen LogP contribution in [0.5, 0.6) is 0 Å². The minimum atomic E-state index is 0.638. The predicted molar refractivity (Wildman–Crippen MR) is 73.9 cm³/mol. The molecule has 16 heavy (non-hydrogen) atoms. The highest BCUT2D eigenvalue weighted by Gasteiger charge is 2.16. The van der Waals surface area contributed by atoms with Crippen molar-refractivity contribution in [2.45, 2.75) is 54.0 Å². The molecular formula is C14H32N2. The first-order valence-corrected chi connectivity index (χ1v) is 6.96. The molecule has 0 aromatic rings. The Labute approximate surface area is 103 Å². The summed E-state index contributed by atoms with van der Waals surface area (Å²) in [6.45, 7) is 18.4. The Balaban J connectivity index is 4.12. The highest BCUT2D eigenvalue weighted by molar-refractivity contribution is 4.75. The maximum Gasteiger partial charge on any atom is 0.0217 e. The third kappa shape index (κ3) is 7.24. The van der Waals surface area contributed by atoms with Gasteiger partial charge in [0.15, 0.2) is 0 Å². The van der Waals surface area contributed by atoms with E-state index >= 15 is 0 Å². The van der Waals surface area contributed by atoms with Crippen LogP contribution >= 0.6 is 0 Å². The lowest BCUT2D eigenvalue weighted by atomic mass is 10.0. The van der Waals surface area contributed by atoms with Crippen LogP contribution < -0.4 is 5.32 Å². The second kappa shape index (κ2) is 9.00. The lowest BCUT2D eigenvalue weighted by Crippen LogP contribution is -2.45. The van der Waals surface area contributed by atoms with Gasteiger partial charge in [0.05, 0.1) is 0 Å². The van der Waals surface area contributed by atoms with Crippen molar-refractivity contribution in [2.75, 3.05) is 26.2 Å². The first-order chi connectivity index (χ1) is 7.51. The van der Waals surface area contributed by atoms with Crippen LogP contribution in [0.4, 0.5) is 0 Å². The van der Waals surface area contributed by atoms with Gasteiger partial charge in [-0.05, 0) is 31.3 Å². The van der Waals surface area contributed by atoms with Crippen LogP contribution in [0.25, 0.3) is 0 Å². The second-order valence-electron chi connectivity index (χ2n) is 5.55. The van der Waals surface area contributed by atoms with Crippen molar-refractivity contribution in [2.24, 2.45) is 11.8 Å². The molecule has 98 valence electrons. The molecule has 0 aromatic heterocycles. The van der Waals surface area contributed by atoms with Gasteiger partial charge >= 0.3 is 0 Å². The molecule has 1 atom stereocenters. The van der Waals surface area contributed by atoms with Gasteiger partial charge < -0.3 is 10.2 Å². The van der Waals surface area contributed by atoms with Crippen molar-refractivity contribution in [1.82, 2.24) is 10.2 Å². The monoisotopic (exact) mass is 228 g/mol. The lowest BCUT2D eigenvalue weighted by Gasteiger charge is -2.30. The Morgan fingerprint density at radius 2 is 1.62 bits per heavy atom. The molecule has 2 heteroatoms. The molecule has 0 aromatic carbocycles. The zero-order chi connectivity index (χ0) is 12.6. The number of hydrogen-bond donors (Lipinski definition) is 1. The van der Waals surface area contributed by atoms with Gasteiger partial charge in [-0.3, -0.25) is 0 Å². The zero-order valence-electron chi connectivity index (χ0n) is 12.2. The Morgan fingerprint density at radius 3 is 2.00 bits per heavy atom. The molecule has 0 heterocycles. The topological polar surface area (TPSA) is 15.3 Å². The maximum atomic E-state index is 3.67. The van der Waals surface area contributed by atoms with Crippen molar-refractivity contribution < 1.29 is 0 Å². The normalized spacial score (nSPS) is 14.1. The number of likely N-dealkylation sites (N-methyl/N-ethyl adjacent to an activating group) is 1. The van der Waals surface area contributed by atoms with Crippen LogP contribution in [0.3, 0.4) is 0 Å². The Morgan fingerprint density at radius 1 is 1.00 bits per heavy atom. The summed E-state index contributed by atoms with van der Waals surface area (Å²) in [7, 11) is 0. The summed E-state index contributed by atoms with van der Waals surface area (Å²) < 4.78 is 0. The van der Waals surface area contributed by atoms with E-state index in [1.54, 1.807) is 0 Å². The quantitative estimate of drug-likeness (QED) is 0.652. The fourth-order valence-electron chi connectivity index (χ4n) is 1.97. The molecule has 1 N–H and O–H groups in total. The second-order valence-corrected chi connectivity index (χ2v) is 5.55. The molecule has 0 saturated heterocycles. The Kier molecular flexibility index (Phi) is 8.96. The van der Waals surface area contributed by atoms with Crippen molar-refractivity contribution in [3.8, 4) is 0 Å². The van der Waals surface area contributed by atoms with E-state index in [0.717, 1.165) is 19.0 Å². The zero-order valence-corrected chi connectivity index (χ0v) is 12.2. The minimum Gasteiger partial charge on any atom is -0.312 e. The third-order valence-electron chi connectivity index (χ3n) is 2.99. The number of nitrogens with one attached hydrogen (secondary N) is 1. The molecule has 0 bridgehead atoms. The molecule has 0 fully saturated rings. The van der Waals surface area contributed by atoms with Crippen LogP contribution in [0.2, 0.25) is 0 Å². The average Bonchev–Trinajstić information content (AvgIpc) is 2.21. The largest absolute Gasteiger partial charge is 0.312 e. The Hall–Kier alpha value is -0.0800. The summed E-state index contributed by atoms with van der Waals surface area (Å²) in [5.74, 6) is 1.48. The number of hydrogen-bond acceptors (Lipinski definition) is 2. The van der Waals surface area contributed by atoms with Crippen LogP contribution in [0, 0.1) is 11.8 Å². The van der Waals surface area contributed by atoms with Gasteiger partial charge in [-0.25, -0.2) is 0 Å². The first kappa shape index (κ1) is 15.9. The summed E-state index contributed by atoms with van der Waals surface area (Å²) in [6, 6.07) is 0.638. The lowest BCUT2D eigenvalue weighted by molar-refractivity contribution is 0.207. The van der Waals surface area contributed by atoms with Gasteiger partial charge in [-0.1, -0.05) is 41.5 Å². The fraction of sp³-hybridized carbons (Fsp3) is 1.00. The third-order valence-corrected chi connectivity index (χ3v) is 2.99. The first-order valence-electron chi connectivity index (χ1n) is 6.96. The van der Waals surface area contributed by atoms with E-state index in [4.69, 9.17) is 0 Å². The van der Waals surface area contributed by atoms with E-state index in [0.29, 0.717) is 12.0 Å². The standard InChI is InChI=1S/C14H32N2/c1-7-9-15-14(13(5)6)11-16(8-2)10-12(3)4/h12-15H,7-11H2,1-6H3. The van der Waals surface area contributed by atoms with E-state index < -0.39 is 0 Å². The van der Waals surface area contributed by atoms with Crippen molar-refractivity contribution in [3.05, 3.63) is 0 Å². The molecule has 0 aliphatic carbocycles. The van der Waals surface area contributed by atoms with Gasteiger partial charge in [0.25, 0.3) is 0 Å². The molecule has 0 amide bonds. The number of nitrogens with zero attached hydrogens (tertiary/aromatic N) is 1. The Bertz CT molecular complexity index is 155. The molecule has 0 spiro atoms. The highest BCUT2D eigenvalue weighted by Crippen LogP contribution is 2.06. The van der Waals surface area contributed by atoms with Crippen molar-refractivity contribution >= 4 is 0 Å². The van der Waals surface area contributed by atoms with E-state index in [1.807, 2.05) is 0 Å². The van der Waals surface area contributed by atoms with Crippen LogP contribution in [-0.4, -0.2) is 37.1 Å². The van der Waals surface area contributed by atoms with Crippen LogP contribution in [0.15, 0.2) is 0 Å². The average molecular weight is 228 g/mol. The summed E-state index contributed by atoms with van der Waals surface area (Å²) in [4.78, 5) is 2.57. The molecule has 0 saturated carbocycles. The summed E-state index contributed by atoms with van der Waals surface area (Å²) >= 11 is 0. The van der Waals surface area contributed by atoms with Crippen molar-refractivity contribution in [1.29, 1.82) is 0 Å². The molecule has 0 aliphatic heterocycles. The summed E-state index contributed by atoms with van der Waals surface area (Å²) in [5.41, 5.74) is 0. The number of rotatable bonds is 9. The molecule has 0 aliphatic rings. The van der Waals surface area contributed by atoms with Crippen LogP contribution in [-0.2, 0) is 0 Å². The van der Waals surface area contributed by atoms with E-state index in [-0.39, 0.29) is 0 Å². The summed E-state index contributed by atoms with van der Waals surface area (Å²) in [5, 5.41) is 3.67. The maximum absolute atomic E-state index is 3.67. The summed E-state index contributed by atoms with van der Waals surface area (Å²) in [6.07, 6.45) is 1.22. The fourth-order valence-corrected chi connectivity index (χ4v) is 1.97. The molecule has 0 rings (SSSR count). The molecule has 0 radical (unpaired) electrons. The smallest absolute Gasteiger partial charge is 0.0217 e. The molecule has 1 unspecified atom stereocenters. The molecule has 2 nitrogen and oxygen atoms in total. The van der Waals surface area contributed by atoms with Gasteiger partial charge in [-0.2, -0.15) is 0 Å². The van der Waals surface area contributed by atoms with Gasteiger partial charge in [0, 0.05) is 19.1 Å². The van der Waals surface area contributed by atoms with E-state index in [9.17, 15) is 0 Å². The highest BCUT2D eigenvalue weighted by atomic mass is 15.1. The predicted octanol–water partition coefficient (Wildman–Crippen LogP) is 2.99. The molecular weight excluding hydrogens is 196 g/mol. The van der Waals surface area contributed by atoms with Gasteiger partial charge in [0.1, 0.15) is 0 Å². The van der Waals surface area contributed by atoms with E-state index in [1.165, 1.54) is 19.5 Å². The van der Waals surface area contributed by atoms with Gasteiger partial charge in [-0.15, -0.1) is 0 Å².